The van der Waals surface area contributed by atoms with E-state index in [4.69, 9.17) is 4.42 Å². The van der Waals surface area contributed by atoms with Crippen molar-refractivity contribution in [3.8, 4) is 17.1 Å². The molecule has 3 N–H and O–H groups in total. The minimum Gasteiger partial charge on any atom is -0.451 e. The maximum Gasteiger partial charge on any atom is 0.387 e. The highest BCUT2D eigenvalue weighted by atomic mass is 19.3. The molecule has 0 bridgehead atoms. The van der Waals surface area contributed by atoms with E-state index >= 15 is 0 Å². The van der Waals surface area contributed by atoms with E-state index in [2.05, 4.69) is 15.4 Å². The van der Waals surface area contributed by atoms with Crippen molar-refractivity contribution in [2.24, 2.45) is 5.92 Å². The van der Waals surface area contributed by atoms with E-state index in [0.717, 1.165) is 19.3 Å². The first-order chi connectivity index (χ1) is 15.8. The topological polar surface area (TPSA) is 121 Å². The second kappa shape index (κ2) is 13.2. The molecule has 2 aromatic rings. The summed E-state index contributed by atoms with van der Waals surface area (Å²) in [6.45, 7) is -1.29. The second-order valence-corrected chi connectivity index (χ2v) is 7.21. The van der Waals surface area contributed by atoms with E-state index in [9.17, 15) is 28.4 Å². The van der Waals surface area contributed by atoms with Crippen molar-refractivity contribution in [1.82, 2.24) is 15.7 Å². The summed E-state index contributed by atoms with van der Waals surface area (Å²) < 4.78 is 34.6. The Morgan fingerprint density at radius 1 is 1.21 bits per heavy atom. The van der Waals surface area contributed by atoms with Gasteiger partial charge in [0.2, 0.25) is 12.3 Å². The summed E-state index contributed by atoms with van der Waals surface area (Å²) in [5.41, 5.74) is 0.444. The van der Waals surface area contributed by atoms with Gasteiger partial charge in [0.15, 0.2) is 5.76 Å². The summed E-state index contributed by atoms with van der Waals surface area (Å²) in [6.07, 6.45) is 3.33. The number of hydroxylamine groups is 2. The quantitative estimate of drug-likeness (QED) is 0.129. The van der Waals surface area contributed by atoms with Crippen LogP contribution >= 0.6 is 0 Å². The zero-order valence-electron chi connectivity index (χ0n) is 18.1. The molecule has 0 saturated carbocycles. The standard InChI is InChI=1S/C22H27F2N3O6/c1-2-3-4-6-16(12-27(31)14-28)20(29)25-13-26-21(30)19-10-9-18(33-19)15-7-5-8-17(11-15)32-22(23)24/h5,7-11,14,16,22,31H,2-4,6,12-13H2,1H3,(H,25,29)(H,26,30)/t16-/m1/s1. The van der Waals surface area contributed by atoms with E-state index in [-0.39, 0.29) is 36.9 Å². The number of halogens is 2. The molecule has 180 valence electrons. The molecule has 0 aliphatic carbocycles. The van der Waals surface area contributed by atoms with Crippen LogP contribution in [-0.2, 0) is 9.59 Å². The van der Waals surface area contributed by atoms with Gasteiger partial charge in [-0.15, -0.1) is 0 Å². The molecule has 1 atom stereocenters. The highest BCUT2D eigenvalue weighted by molar-refractivity contribution is 5.92. The van der Waals surface area contributed by atoms with Gasteiger partial charge in [0.05, 0.1) is 19.1 Å². The number of carbonyl (C=O) groups excluding carboxylic acids is 3. The number of benzene rings is 1. The molecule has 1 heterocycles. The van der Waals surface area contributed by atoms with Gasteiger partial charge in [-0.3, -0.25) is 19.6 Å². The molecule has 0 aliphatic heterocycles. The van der Waals surface area contributed by atoms with Crippen molar-refractivity contribution >= 4 is 18.2 Å². The van der Waals surface area contributed by atoms with Crippen molar-refractivity contribution in [2.75, 3.05) is 13.2 Å². The number of nitrogens with zero attached hydrogens (tertiary/aromatic N) is 1. The number of hydrogen-bond acceptors (Lipinski definition) is 6. The Balaban J connectivity index is 1.90. The third-order valence-corrected chi connectivity index (χ3v) is 4.74. The van der Waals surface area contributed by atoms with E-state index < -0.39 is 24.3 Å². The van der Waals surface area contributed by atoms with Crippen molar-refractivity contribution in [3.63, 3.8) is 0 Å². The Morgan fingerprint density at radius 3 is 2.70 bits per heavy atom. The fourth-order valence-corrected chi connectivity index (χ4v) is 3.10. The molecule has 11 heteroatoms. The number of amides is 3. The second-order valence-electron chi connectivity index (χ2n) is 7.21. The zero-order chi connectivity index (χ0) is 24.2. The number of nitrogens with one attached hydrogen (secondary N) is 2. The summed E-state index contributed by atoms with van der Waals surface area (Å²) in [6, 6.07) is 8.77. The van der Waals surface area contributed by atoms with Crippen LogP contribution in [0.4, 0.5) is 8.78 Å². The third-order valence-electron chi connectivity index (χ3n) is 4.74. The maximum absolute atomic E-state index is 12.4. The molecule has 1 aromatic heterocycles. The molecule has 9 nitrogen and oxygen atoms in total. The summed E-state index contributed by atoms with van der Waals surface area (Å²) in [5, 5.41) is 14.9. The van der Waals surface area contributed by atoms with Gasteiger partial charge in [-0.25, -0.2) is 5.06 Å². The number of hydrogen-bond donors (Lipinski definition) is 3. The fourth-order valence-electron chi connectivity index (χ4n) is 3.10. The average molecular weight is 467 g/mol. The predicted octanol–water partition coefficient (Wildman–Crippen LogP) is 3.40. The lowest BCUT2D eigenvalue weighted by molar-refractivity contribution is -0.154. The Labute approximate surface area is 189 Å². The number of alkyl halides is 2. The maximum atomic E-state index is 12.4. The molecule has 0 saturated heterocycles. The van der Waals surface area contributed by atoms with Gasteiger partial charge in [-0.2, -0.15) is 8.78 Å². The lowest BCUT2D eigenvalue weighted by Gasteiger charge is -2.19. The molecule has 0 aliphatic rings. The summed E-state index contributed by atoms with van der Waals surface area (Å²) in [7, 11) is 0. The molecule has 0 unspecified atom stereocenters. The number of furan rings is 1. The lowest BCUT2D eigenvalue weighted by atomic mass is 10.0. The van der Waals surface area contributed by atoms with Crippen LogP contribution in [0.5, 0.6) is 5.75 Å². The third kappa shape index (κ3) is 8.53. The molecule has 3 amide bonds. The van der Waals surface area contributed by atoms with Gasteiger partial charge in [-0.1, -0.05) is 38.3 Å². The van der Waals surface area contributed by atoms with E-state index in [1.54, 1.807) is 6.07 Å². The van der Waals surface area contributed by atoms with Crippen LogP contribution in [0.15, 0.2) is 40.8 Å². The van der Waals surface area contributed by atoms with Gasteiger partial charge in [0, 0.05) is 5.56 Å². The van der Waals surface area contributed by atoms with Crippen LogP contribution in [0.3, 0.4) is 0 Å². The van der Waals surface area contributed by atoms with Gasteiger partial charge in [-0.05, 0) is 30.7 Å². The van der Waals surface area contributed by atoms with Crippen LogP contribution in [-0.4, -0.2) is 48.3 Å². The van der Waals surface area contributed by atoms with Gasteiger partial charge >= 0.3 is 6.61 Å². The highest BCUT2D eigenvalue weighted by Gasteiger charge is 2.21. The van der Waals surface area contributed by atoms with Crippen LogP contribution in [0.1, 0.15) is 43.2 Å². The minimum absolute atomic E-state index is 0.0404. The van der Waals surface area contributed by atoms with Gasteiger partial charge in [0.25, 0.3) is 5.91 Å². The Hall–Kier alpha value is -3.47. The summed E-state index contributed by atoms with van der Waals surface area (Å²) >= 11 is 0. The van der Waals surface area contributed by atoms with E-state index in [1.165, 1.54) is 30.3 Å². The van der Waals surface area contributed by atoms with Gasteiger partial charge in [0.1, 0.15) is 11.5 Å². The SMILES string of the molecule is CCCCC[C@H](CN(O)C=O)C(=O)NCNC(=O)c1ccc(-c2cccc(OC(F)F)c2)o1. The molecule has 2 rings (SSSR count). The van der Waals surface area contributed by atoms with Crippen LogP contribution in [0.25, 0.3) is 11.3 Å². The first-order valence-electron chi connectivity index (χ1n) is 10.5. The van der Waals surface area contributed by atoms with Crippen LogP contribution in [0.2, 0.25) is 0 Å². The minimum atomic E-state index is -2.96. The van der Waals surface area contributed by atoms with Crippen molar-refractivity contribution in [2.45, 2.75) is 39.2 Å². The molecule has 33 heavy (non-hydrogen) atoms. The monoisotopic (exact) mass is 467 g/mol. The lowest BCUT2D eigenvalue weighted by Crippen LogP contribution is -2.42. The first-order valence-corrected chi connectivity index (χ1v) is 10.5. The van der Waals surface area contributed by atoms with Crippen molar-refractivity contribution in [1.29, 1.82) is 0 Å². The smallest absolute Gasteiger partial charge is 0.387 e. The summed E-state index contributed by atoms with van der Waals surface area (Å²) in [5.74, 6) is -1.44. The molecule has 0 spiro atoms. The predicted molar refractivity (Wildman–Crippen MR) is 113 cm³/mol. The molecule has 0 fully saturated rings. The van der Waals surface area contributed by atoms with Crippen LogP contribution < -0.4 is 15.4 Å². The Kier molecular flexibility index (Phi) is 10.3. The van der Waals surface area contributed by atoms with Crippen molar-refractivity contribution in [3.05, 3.63) is 42.2 Å². The first kappa shape index (κ1) is 25.8. The normalized spacial score (nSPS) is 11.7. The zero-order valence-corrected chi connectivity index (χ0v) is 18.1. The Morgan fingerprint density at radius 2 is 2.00 bits per heavy atom. The molecule has 0 radical (unpaired) electrons. The number of ether oxygens (including phenoxy) is 1. The van der Waals surface area contributed by atoms with Crippen molar-refractivity contribution < 1.29 is 37.5 Å². The fraction of sp³-hybridized carbons (Fsp3) is 0.409. The number of carbonyl (C=O) groups is 3. The largest absolute Gasteiger partial charge is 0.451 e. The number of unbranched alkanes of at least 4 members (excludes halogenated alkanes) is 2. The molecule has 1 aromatic carbocycles. The molecular weight excluding hydrogens is 440 g/mol. The number of rotatable bonds is 14. The van der Waals surface area contributed by atoms with E-state index in [1.807, 2.05) is 6.92 Å². The van der Waals surface area contributed by atoms with Gasteiger partial charge < -0.3 is 19.8 Å². The van der Waals surface area contributed by atoms with E-state index in [0.29, 0.717) is 17.0 Å². The molecular formula is C22H27F2N3O6. The van der Waals surface area contributed by atoms with Crippen LogP contribution in [0, 0.1) is 5.92 Å². The highest BCUT2D eigenvalue weighted by Crippen LogP contribution is 2.26. The Bertz CT molecular complexity index is 921. The summed E-state index contributed by atoms with van der Waals surface area (Å²) in [4.78, 5) is 35.4. The average Bonchev–Trinajstić information content (AvgIpc) is 3.28.